The van der Waals surface area contributed by atoms with Gasteiger partial charge in [0.15, 0.2) is 6.10 Å². The molecule has 7 heteroatoms. The van der Waals surface area contributed by atoms with Crippen LogP contribution in [0, 0.1) is 0 Å². The number of carbonyl (C=O) groups is 2. The molecule has 0 spiro atoms. The lowest BCUT2D eigenvalue weighted by molar-refractivity contribution is -0.127. The van der Waals surface area contributed by atoms with Crippen LogP contribution in [0.1, 0.15) is 28.4 Å². The largest absolute Gasteiger partial charge is 0.489 e. The topological polar surface area (TPSA) is 86.2 Å². The van der Waals surface area contributed by atoms with Gasteiger partial charge >= 0.3 is 5.97 Å². The van der Waals surface area contributed by atoms with E-state index in [0.717, 1.165) is 11.1 Å². The van der Waals surface area contributed by atoms with Crippen molar-refractivity contribution in [2.75, 3.05) is 0 Å². The summed E-state index contributed by atoms with van der Waals surface area (Å²) >= 11 is 0. The Morgan fingerprint density at radius 3 is 2.05 bits per heavy atom. The van der Waals surface area contributed by atoms with E-state index in [4.69, 9.17) is 14.2 Å². The molecule has 0 aliphatic heterocycles. The number of hydrogen-bond acceptors (Lipinski definition) is 6. The molecule has 0 bridgehead atoms. The van der Waals surface area contributed by atoms with Gasteiger partial charge in [-0.3, -0.25) is 4.79 Å². The quantitative estimate of drug-likeness (QED) is 0.138. The molecule has 4 aromatic rings. The number of nitrogens with one attached hydrogen (secondary N) is 1. The molecule has 186 valence electrons. The maximum atomic E-state index is 12.3. The fourth-order valence-corrected chi connectivity index (χ4v) is 3.24. The van der Waals surface area contributed by atoms with Crippen molar-refractivity contribution in [2.24, 2.45) is 5.10 Å². The highest BCUT2D eigenvalue weighted by molar-refractivity contribution is 5.91. The van der Waals surface area contributed by atoms with Gasteiger partial charge in [-0.05, 0) is 78.7 Å². The second-order valence-electron chi connectivity index (χ2n) is 8.06. The van der Waals surface area contributed by atoms with Crippen molar-refractivity contribution in [3.8, 4) is 17.2 Å². The Kier molecular flexibility index (Phi) is 8.64. The molecule has 7 nitrogen and oxygen atoms in total. The van der Waals surface area contributed by atoms with Crippen LogP contribution in [0.15, 0.2) is 114 Å². The lowest BCUT2D eigenvalue weighted by atomic mass is 10.2. The molecule has 4 aromatic carbocycles. The van der Waals surface area contributed by atoms with E-state index < -0.39 is 18.0 Å². The molecule has 0 fully saturated rings. The minimum Gasteiger partial charge on any atom is -0.489 e. The fraction of sp³-hybridized carbons (Fsp3) is 0.100. The van der Waals surface area contributed by atoms with Gasteiger partial charge in [-0.1, -0.05) is 48.5 Å². The molecule has 0 saturated carbocycles. The molecule has 1 atom stereocenters. The molecule has 37 heavy (non-hydrogen) atoms. The Morgan fingerprint density at radius 1 is 0.784 bits per heavy atom. The van der Waals surface area contributed by atoms with Crippen LogP contribution >= 0.6 is 0 Å². The van der Waals surface area contributed by atoms with Gasteiger partial charge in [0.25, 0.3) is 5.91 Å². The SMILES string of the molecule is CC(Oc1ccc(OCc2ccccc2)cc1)C(=O)N/N=C/c1ccc(OC(=O)c2ccccc2)cc1. The van der Waals surface area contributed by atoms with Crippen molar-refractivity contribution in [2.45, 2.75) is 19.6 Å². The first-order chi connectivity index (χ1) is 18.1. The summed E-state index contributed by atoms with van der Waals surface area (Å²) in [5.74, 6) is 0.832. The lowest BCUT2D eigenvalue weighted by Gasteiger charge is -2.13. The molecule has 1 amide bonds. The number of rotatable bonds is 10. The average Bonchev–Trinajstić information content (AvgIpc) is 2.94. The van der Waals surface area contributed by atoms with E-state index >= 15 is 0 Å². The molecule has 1 N–H and O–H groups in total. The van der Waals surface area contributed by atoms with Crippen molar-refractivity contribution in [1.82, 2.24) is 5.43 Å². The first kappa shape index (κ1) is 25.2. The maximum absolute atomic E-state index is 12.3. The molecule has 1 unspecified atom stereocenters. The normalized spacial score (nSPS) is 11.5. The molecule has 0 aliphatic carbocycles. The van der Waals surface area contributed by atoms with Gasteiger partial charge in [-0.25, -0.2) is 10.2 Å². The number of amides is 1. The highest BCUT2D eigenvalue weighted by Crippen LogP contribution is 2.20. The van der Waals surface area contributed by atoms with E-state index in [2.05, 4.69) is 10.5 Å². The zero-order valence-electron chi connectivity index (χ0n) is 20.2. The minimum atomic E-state index is -0.756. The summed E-state index contributed by atoms with van der Waals surface area (Å²) in [6.45, 7) is 2.11. The minimum absolute atomic E-state index is 0.394. The number of ether oxygens (including phenoxy) is 3. The van der Waals surface area contributed by atoms with E-state index in [9.17, 15) is 9.59 Å². The van der Waals surface area contributed by atoms with Crippen LogP contribution in [-0.2, 0) is 11.4 Å². The summed E-state index contributed by atoms with van der Waals surface area (Å²) in [4.78, 5) is 24.5. The van der Waals surface area contributed by atoms with Gasteiger partial charge < -0.3 is 14.2 Å². The summed E-state index contributed by atoms with van der Waals surface area (Å²) in [5, 5.41) is 3.98. The standard InChI is InChI=1S/C30H26N2O5/c1-22(36-27-18-16-26(17-19-27)35-21-24-8-4-2-5-9-24)29(33)32-31-20-23-12-14-28(15-13-23)37-30(34)25-10-6-3-7-11-25/h2-20,22H,21H2,1H3,(H,32,33)/b31-20+. The zero-order valence-corrected chi connectivity index (χ0v) is 20.2. The Hall–Kier alpha value is -4.91. The lowest BCUT2D eigenvalue weighted by Crippen LogP contribution is -2.33. The van der Waals surface area contributed by atoms with Crippen LogP contribution in [0.5, 0.6) is 17.2 Å². The number of benzene rings is 4. The molecule has 0 aliphatic rings. The van der Waals surface area contributed by atoms with Gasteiger partial charge in [0.05, 0.1) is 11.8 Å². The van der Waals surface area contributed by atoms with Gasteiger partial charge in [0.1, 0.15) is 23.9 Å². The summed E-state index contributed by atoms with van der Waals surface area (Å²) in [6, 6.07) is 32.5. The summed E-state index contributed by atoms with van der Waals surface area (Å²) < 4.78 is 16.8. The summed E-state index contributed by atoms with van der Waals surface area (Å²) in [7, 11) is 0. The van der Waals surface area contributed by atoms with E-state index in [1.165, 1.54) is 6.21 Å². The highest BCUT2D eigenvalue weighted by atomic mass is 16.5. The summed E-state index contributed by atoms with van der Waals surface area (Å²) in [6.07, 6.45) is 0.736. The third-order valence-electron chi connectivity index (χ3n) is 5.24. The molecule has 0 heterocycles. The number of hydrazone groups is 1. The van der Waals surface area contributed by atoms with Crippen LogP contribution in [-0.4, -0.2) is 24.2 Å². The van der Waals surface area contributed by atoms with Crippen molar-refractivity contribution in [3.05, 3.63) is 126 Å². The highest BCUT2D eigenvalue weighted by Gasteiger charge is 2.14. The first-order valence-electron chi connectivity index (χ1n) is 11.7. The predicted octanol–water partition coefficient (Wildman–Crippen LogP) is 5.40. The molecular formula is C30H26N2O5. The average molecular weight is 495 g/mol. The first-order valence-corrected chi connectivity index (χ1v) is 11.7. The third-order valence-corrected chi connectivity index (χ3v) is 5.24. The number of esters is 1. The molecular weight excluding hydrogens is 468 g/mol. The van der Waals surface area contributed by atoms with Crippen LogP contribution in [0.25, 0.3) is 0 Å². The van der Waals surface area contributed by atoms with Crippen molar-refractivity contribution >= 4 is 18.1 Å². The Labute approximate surface area is 215 Å². The molecule has 0 aromatic heterocycles. The second kappa shape index (κ2) is 12.7. The van der Waals surface area contributed by atoms with E-state index in [1.54, 1.807) is 79.7 Å². The van der Waals surface area contributed by atoms with Gasteiger partial charge in [-0.15, -0.1) is 0 Å². The van der Waals surface area contributed by atoms with E-state index in [0.29, 0.717) is 29.4 Å². The van der Waals surface area contributed by atoms with Crippen molar-refractivity contribution in [3.63, 3.8) is 0 Å². The number of nitrogens with zero attached hydrogens (tertiary/aromatic N) is 1. The monoisotopic (exact) mass is 494 g/mol. The van der Waals surface area contributed by atoms with Gasteiger partial charge in [0.2, 0.25) is 0 Å². The third kappa shape index (κ3) is 7.80. The van der Waals surface area contributed by atoms with Crippen LogP contribution in [0.4, 0.5) is 0 Å². The smallest absolute Gasteiger partial charge is 0.343 e. The fourth-order valence-electron chi connectivity index (χ4n) is 3.24. The second-order valence-corrected chi connectivity index (χ2v) is 8.06. The van der Waals surface area contributed by atoms with Crippen LogP contribution in [0.3, 0.4) is 0 Å². The molecule has 4 rings (SSSR count). The molecule has 0 saturated heterocycles. The van der Waals surface area contributed by atoms with Crippen molar-refractivity contribution in [1.29, 1.82) is 0 Å². The maximum Gasteiger partial charge on any atom is 0.343 e. The van der Waals surface area contributed by atoms with Crippen LogP contribution in [0.2, 0.25) is 0 Å². The van der Waals surface area contributed by atoms with Crippen LogP contribution < -0.4 is 19.6 Å². The van der Waals surface area contributed by atoms with Crippen molar-refractivity contribution < 1.29 is 23.8 Å². The van der Waals surface area contributed by atoms with E-state index in [-0.39, 0.29) is 0 Å². The Balaban J connectivity index is 1.21. The number of carbonyl (C=O) groups excluding carboxylic acids is 2. The zero-order chi connectivity index (χ0) is 25.9. The molecule has 0 radical (unpaired) electrons. The number of hydrogen-bond donors (Lipinski definition) is 1. The van der Waals surface area contributed by atoms with E-state index in [1.807, 2.05) is 36.4 Å². The van der Waals surface area contributed by atoms with Gasteiger partial charge in [-0.2, -0.15) is 5.10 Å². The summed E-state index contributed by atoms with van der Waals surface area (Å²) in [5.41, 5.74) is 4.74. The Morgan fingerprint density at radius 2 is 1.38 bits per heavy atom. The Bertz CT molecular complexity index is 1320. The predicted molar refractivity (Wildman–Crippen MR) is 141 cm³/mol. The van der Waals surface area contributed by atoms with Gasteiger partial charge in [0, 0.05) is 0 Å².